The monoisotopic (exact) mass is 325 g/mol. The Labute approximate surface area is 131 Å². The van der Waals surface area contributed by atoms with Crippen LogP contribution in [0.4, 0.5) is 8.78 Å². The predicted molar refractivity (Wildman–Crippen MR) is 81.5 cm³/mol. The second kappa shape index (κ2) is 7.42. The first kappa shape index (κ1) is 16.5. The molecular formula is C15H17F2N3OS. The van der Waals surface area contributed by atoms with Crippen molar-refractivity contribution in [1.82, 2.24) is 10.3 Å². The first-order valence-corrected chi connectivity index (χ1v) is 7.82. The molecule has 1 aromatic carbocycles. The fraction of sp³-hybridized carbons (Fsp3) is 0.333. The third-order valence-corrected chi connectivity index (χ3v) is 4.10. The first-order valence-electron chi connectivity index (χ1n) is 6.94. The van der Waals surface area contributed by atoms with E-state index in [1.54, 1.807) is 5.38 Å². The van der Waals surface area contributed by atoms with Crippen molar-refractivity contribution in [1.29, 1.82) is 0 Å². The summed E-state index contributed by atoms with van der Waals surface area (Å²) in [6, 6.07) is 3.06. The van der Waals surface area contributed by atoms with Crippen LogP contribution in [0.2, 0.25) is 0 Å². The molecule has 0 aliphatic rings. The second-order valence-electron chi connectivity index (χ2n) is 4.88. The lowest BCUT2D eigenvalue weighted by atomic mass is 10.2. The van der Waals surface area contributed by atoms with E-state index in [0.29, 0.717) is 5.01 Å². The number of nitrogens with one attached hydrogen (secondary N) is 1. The smallest absolute Gasteiger partial charge is 0.271 e. The topological polar surface area (TPSA) is 68.0 Å². The van der Waals surface area contributed by atoms with Crippen molar-refractivity contribution in [2.24, 2.45) is 5.73 Å². The lowest BCUT2D eigenvalue weighted by Gasteiger charge is -2.06. The summed E-state index contributed by atoms with van der Waals surface area (Å²) in [6.45, 7) is 2.00. The minimum absolute atomic E-state index is 0.0289. The highest BCUT2D eigenvalue weighted by Crippen LogP contribution is 2.20. The molecule has 1 unspecified atom stereocenters. The van der Waals surface area contributed by atoms with Gasteiger partial charge >= 0.3 is 0 Å². The van der Waals surface area contributed by atoms with Gasteiger partial charge in [0.05, 0.1) is 6.04 Å². The predicted octanol–water partition coefficient (Wildman–Crippen LogP) is 3.15. The van der Waals surface area contributed by atoms with Crippen LogP contribution >= 0.6 is 11.3 Å². The van der Waals surface area contributed by atoms with Gasteiger partial charge in [0.2, 0.25) is 0 Å². The van der Waals surface area contributed by atoms with E-state index >= 15 is 0 Å². The summed E-state index contributed by atoms with van der Waals surface area (Å²) in [4.78, 5) is 16.2. The summed E-state index contributed by atoms with van der Waals surface area (Å²) in [5, 5.41) is 4.90. The van der Waals surface area contributed by atoms with E-state index in [9.17, 15) is 13.6 Å². The second-order valence-corrected chi connectivity index (χ2v) is 5.77. The van der Waals surface area contributed by atoms with E-state index in [-0.39, 0.29) is 23.8 Å². The SMILES string of the molecule is CCCC(N)c1nc(C(=O)NCc2ccc(F)cc2F)cs1. The van der Waals surface area contributed by atoms with Crippen LogP contribution in [0.1, 0.15) is 46.9 Å². The summed E-state index contributed by atoms with van der Waals surface area (Å²) in [7, 11) is 0. The number of aromatic nitrogens is 1. The number of amides is 1. The number of thiazole rings is 1. The van der Waals surface area contributed by atoms with Crippen LogP contribution in [-0.4, -0.2) is 10.9 Å². The summed E-state index contributed by atoms with van der Waals surface area (Å²) >= 11 is 1.33. The van der Waals surface area contributed by atoms with Crippen LogP contribution in [0, 0.1) is 11.6 Å². The number of rotatable bonds is 6. The van der Waals surface area contributed by atoms with Gasteiger partial charge in [0, 0.05) is 23.6 Å². The molecule has 0 spiro atoms. The fourth-order valence-electron chi connectivity index (χ4n) is 1.93. The maximum Gasteiger partial charge on any atom is 0.271 e. The van der Waals surface area contributed by atoms with Crippen LogP contribution in [-0.2, 0) is 6.54 Å². The van der Waals surface area contributed by atoms with E-state index in [1.807, 2.05) is 6.92 Å². The highest BCUT2D eigenvalue weighted by Gasteiger charge is 2.15. The molecule has 0 aliphatic carbocycles. The third kappa shape index (κ3) is 4.08. The van der Waals surface area contributed by atoms with Gasteiger partial charge in [-0.15, -0.1) is 11.3 Å². The van der Waals surface area contributed by atoms with E-state index in [2.05, 4.69) is 10.3 Å². The van der Waals surface area contributed by atoms with Gasteiger partial charge in [0.1, 0.15) is 22.3 Å². The average Bonchev–Trinajstić information content (AvgIpc) is 2.96. The molecule has 1 heterocycles. The zero-order chi connectivity index (χ0) is 16.1. The molecule has 1 atom stereocenters. The summed E-state index contributed by atoms with van der Waals surface area (Å²) in [5.41, 5.74) is 6.42. The molecule has 0 bridgehead atoms. The lowest BCUT2D eigenvalue weighted by Crippen LogP contribution is -2.24. The Bertz CT molecular complexity index is 660. The molecule has 2 aromatic rings. The summed E-state index contributed by atoms with van der Waals surface area (Å²) in [5.74, 6) is -1.75. The molecule has 0 fully saturated rings. The Balaban J connectivity index is 1.97. The first-order chi connectivity index (χ1) is 10.5. The van der Waals surface area contributed by atoms with Gasteiger partial charge in [-0.25, -0.2) is 13.8 Å². The molecule has 22 heavy (non-hydrogen) atoms. The third-order valence-electron chi connectivity index (χ3n) is 3.13. The van der Waals surface area contributed by atoms with Gasteiger partial charge in [-0.3, -0.25) is 4.79 Å². The van der Waals surface area contributed by atoms with Crippen LogP contribution in [0.3, 0.4) is 0 Å². The van der Waals surface area contributed by atoms with Crippen molar-refractivity contribution in [3.8, 4) is 0 Å². The number of hydrogen-bond donors (Lipinski definition) is 2. The Kier molecular flexibility index (Phi) is 5.57. The van der Waals surface area contributed by atoms with Gasteiger partial charge in [0.25, 0.3) is 5.91 Å². The molecule has 2 rings (SSSR count). The minimum atomic E-state index is -0.691. The molecule has 0 radical (unpaired) electrons. The quantitative estimate of drug-likeness (QED) is 0.857. The maximum absolute atomic E-state index is 13.5. The molecule has 4 nitrogen and oxygen atoms in total. The van der Waals surface area contributed by atoms with Crippen molar-refractivity contribution in [3.05, 3.63) is 51.5 Å². The number of nitrogens with two attached hydrogens (primary N) is 1. The van der Waals surface area contributed by atoms with E-state index in [4.69, 9.17) is 5.73 Å². The Hall–Kier alpha value is -1.86. The highest BCUT2D eigenvalue weighted by molar-refractivity contribution is 7.09. The van der Waals surface area contributed by atoms with E-state index < -0.39 is 17.5 Å². The normalized spacial score (nSPS) is 12.2. The number of carbonyl (C=O) groups is 1. The minimum Gasteiger partial charge on any atom is -0.346 e. The van der Waals surface area contributed by atoms with Crippen molar-refractivity contribution in [3.63, 3.8) is 0 Å². The van der Waals surface area contributed by atoms with Crippen LogP contribution in [0.15, 0.2) is 23.6 Å². The largest absolute Gasteiger partial charge is 0.346 e. The Morgan fingerprint density at radius 3 is 2.91 bits per heavy atom. The zero-order valence-electron chi connectivity index (χ0n) is 12.1. The molecule has 1 aromatic heterocycles. The molecule has 3 N–H and O–H groups in total. The van der Waals surface area contributed by atoms with E-state index in [1.165, 1.54) is 17.4 Å². The number of nitrogens with zero attached hydrogens (tertiary/aromatic N) is 1. The standard InChI is InChI=1S/C15H17F2N3OS/c1-2-3-12(18)15-20-13(8-22-15)14(21)19-7-9-4-5-10(16)6-11(9)17/h4-6,8,12H,2-3,7,18H2,1H3,(H,19,21). The lowest BCUT2D eigenvalue weighted by molar-refractivity contribution is 0.0946. The van der Waals surface area contributed by atoms with Gasteiger partial charge in [-0.1, -0.05) is 19.4 Å². The van der Waals surface area contributed by atoms with Crippen molar-refractivity contribution < 1.29 is 13.6 Å². The van der Waals surface area contributed by atoms with Crippen LogP contribution < -0.4 is 11.1 Å². The van der Waals surface area contributed by atoms with Crippen LogP contribution in [0.5, 0.6) is 0 Å². The molecule has 118 valence electrons. The van der Waals surface area contributed by atoms with Crippen molar-refractivity contribution in [2.75, 3.05) is 0 Å². The zero-order valence-corrected chi connectivity index (χ0v) is 12.9. The Morgan fingerprint density at radius 2 is 2.23 bits per heavy atom. The number of carbonyl (C=O) groups excluding carboxylic acids is 1. The Morgan fingerprint density at radius 1 is 1.45 bits per heavy atom. The number of hydrogen-bond acceptors (Lipinski definition) is 4. The molecule has 0 saturated heterocycles. The number of benzene rings is 1. The molecular weight excluding hydrogens is 308 g/mol. The summed E-state index contributed by atoms with van der Waals surface area (Å²) in [6.07, 6.45) is 1.74. The highest BCUT2D eigenvalue weighted by atomic mass is 32.1. The molecule has 0 saturated carbocycles. The fourth-order valence-corrected chi connectivity index (χ4v) is 2.76. The van der Waals surface area contributed by atoms with Crippen LogP contribution in [0.25, 0.3) is 0 Å². The number of halogens is 2. The summed E-state index contributed by atoms with van der Waals surface area (Å²) < 4.78 is 26.3. The maximum atomic E-state index is 13.5. The van der Waals surface area contributed by atoms with Gasteiger partial charge < -0.3 is 11.1 Å². The molecule has 7 heteroatoms. The van der Waals surface area contributed by atoms with Crippen molar-refractivity contribution >= 4 is 17.2 Å². The van der Waals surface area contributed by atoms with Gasteiger partial charge in [-0.05, 0) is 12.5 Å². The van der Waals surface area contributed by atoms with Gasteiger partial charge in [-0.2, -0.15) is 0 Å². The van der Waals surface area contributed by atoms with E-state index in [0.717, 1.165) is 25.0 Å². The molecule has 1 amide bonds. The molecule has 0 aliphatic heterocycles. The van der Waals surface area contributed by atoms with Gasteiger partial charge in [0.15, 0.2) is 0 Å². The average molecular weight is 325 g/mol. The van der Waals surface area contributed by atoms with Crippen molar-refractivity contribution in [2.45, 2.75) is 32.4 Å².